The van der Waals surface area contributed by atoms with Crippen LogP contribution in [0.5, 0.6) is 0 Å². The molecule has 1 aromatic carbocycles. The van der Waals surface area contributed by atoms with Gasteiger partial charge in [0.25, 0.3) is 0 Å². The summed E-state index contributed by atoms with van der Waals surface area (Å²) in [6.45, 7) is 1.30. The summed E-state index contributed by atoms with van der Waals surface area (Å²) in [7, 11) is 5.52. The zero-order valence-electron chi connectivity index (χ0n) is 7.21. The minimum atomic E-state index is -0.413. The van der Waals surface area contributed by atoms with Gasteiger partial charge in [0.15, 0.2) is 0 Å². The molecule has 0 N–H and O–H groups in total. The van der Waals surface area contributed by atoms with Gasteiger partial charge < -0.3 is 4.74 Å². The fourth-order valence-corrected chi connectivity index (χ4v) is 0.879. The zero-order valence-corrected chi connectivity index (χ0v) is 7.21. The van der Waals surface area contributed by atoms with Crippen LogP contribution in [0.15, 0.2) is 18.2 Å². The first kappa shape index (κ1) is 9.77. The van der Waals surface area contributed by atoms with Gasteiger partial charge >= 0.3 is 5.97 Å². The Kier molecular flexibility index (Phi) is 3.06. The summed E-state index contributed by atoms with van der Waals surface area (Å²) in [6, 6.07) is 3.94. The van der Waals surface area contributed by atoms with Gasteiger partial charge in [-0.1, -0.05) is 11.5 Å². The molecule has 0 heterocycles. The number of hydrogen-bond acceptors (Lipinski definition) is 2. The number of hydrogen-bond donors (Lipinski definition) is 0. The quantitative estimate of drug-likeness (QED) is 0.491. The molecule has 2 radical (unpaired) electrons. The number of carbonyl (C=O) groups is 1. The fraction of sp³-hybridized carbons (Fsp3) is 0.222. The van der Waals surface area contributed by atoms with Crippen molar-refractivity contribution in [2.45, 2.75) is 13.5 Å². The minimum absolute atomic E-state index is 0.0128. The van der Waals surface area contributed by atoms with Gasteiger partial charge in [-0.2, -0.15) is 0 Å². The maximum absolute atomic E-state index is 12.7. The van der Waals surface area contributed by atoms with Gasteiger partial charge in [-0.05, 0) is 17.7 Å². The Morgan fingerprint density at radius 3 is 2.92 bits per heavy atom. The Hall–Kier alpha value is -1.32. The van der Waals surface area contributed by atoms with Crippen LogP contribution in [-0.4, -0.2) is 13.8 Å². The molecule has 1 aromatic rings. The summed E-state index contributed by atoms with van der Waals surface area (Å²) in [4.78, 5) is 10.5. The van der Waals surface area contributed by atoms with Crippen LogP contribution >= 0.6 is 0 Å². The highest BCUT2D eigenvalue weighted by atomic mass is 19.1. The molecule has 0 spiro atoms. The Labute approximate surface area is 77.1 Å². The van der Waals surface area contributed by atoms with E-state index in [0.29, 0.717) is 11.0 Å². The van der Waals surface area contributed by atoms with Crippen molar-refractivity contribution in [3.8, 4) is 0 Å². The Morgan fingerprint density at radius 1 is 1.62 bits per heavy atom. The van der Waals surface area contributed by atoms with Crippen molar-refractivity contribution < 1.29 is 13.9 Å². The van der Waals surface area contributed by atoms with Crippen molar-refractivity contribution in [3.05, 3.63) is 29.6 Å². The van der Waals surface area contributed by atoms with E-state index in [9.17, 15) is 9.18 Å². The Balaban J connectivity index is 2.75. The number of benzene rings is 1. The molecular weight excluding hydrogens is 170 g/mol. The standard InChI is InChI=1S/C9H8BFO2/c1-6(12)13-5-7-4-8(11)2-3-9(7)10/h2-4H,5H2,1H3. The largest absolute Gasteiger partial charge is 0.461 e. The molecule has 0 saturated carbocycles. The van der Waals surface area contributed by atoms with E-state index in [0.717, 1.165) is 0 Å². The number of rotatable bonds is 2. The van der Waals surface area contributed by atoms with Gasteiger partial charge in [-0.25, -0.2) is 4.39 Å². The smallest absolute Gasteiger partial charge is 0.302 e. The SMILES string of the molecule is [B]c1ccc(F)cc1COC(C)=O. The summed E-state index contributed by atoms with van der Waals surface area (Å²) in [5.74, 6) is -0.806. The van der Waals surface area contributed by atoms with Crippen molar-refractivity contribution in [1.82, 2.24) is 0 Å². The third-order valence-corrected chi connectivity index (χ3v) is 1.54. The fourth-order valence-electron chi connectivity index (χ4n) is 0.879. The number of ether oxygens (including phenoxy) is 1. The molecule has 0 aliphatic heterocycles. The molecule has 0 unspecified atom stereocenters. The minimum Gasteiger partial charge on any atom is -0.461 e. The topological polar surface area (TPSA) is 26.3 Å². The second-order valence-electron chi connectivity index (χ2n) is 2.62. The molecule has 0 saturated heterocycles. The summed E-state index contributed by atoms with van der Waals surface area (Å²) >= 11 is 0. The summed E-state index contributed by atoms with van der Waals surface area (Å²) < 4.78 is 17.4. The molecule has 66 valence electrons. The number of halogens is 1. The molecule has 0 amide bonds. The average Bonchev–Trinajstić information content (AvgIpc) is 2.06. The van der Waals surface area contributed by atoms with Gasteiger partial charge in [-0.3, -0.25) is 4.79 Å². The number of esters is 1. The van der Waals surface area contributed by atoms with Crippen molar-refractivity contribution >= 4 is 19.3 Å². The molecule has 0 atom stereocenters. The van der Waals surface area contributed by atoms with Gasteiger partial charge in [0, 0.05) is 6.92 Å². The first-order valence-electron chi connectivity index (χ1n) is 3.77. The van der Waals surface area contributed by atoms with Crippen molar-refractivity contribution in [2.75, 3.05) is 0 Å². The summed E-state index contributed by atoms with van der Waals surface area (Å²) in [6.07, 6.45) is 0. The predicted molar refractivity (Wildman–Crippen MR) is 47.3 cm³/mol. The molecule has 1 rings (SSSR count). The lowest BCUT2D eigenvalue weighted by molar-refractivity contribution is -0.142. The lowest BCUT2D eigenvalue weighted by Crippen LogP contribution is -2.13. The van der Waals surface area contributed by atoms with Crippen LogP contribution in [0.3, 0.4) is 0 Å². The van der Waals surface area contributed by atoms with E-state index in [-0.39, 0.29) is 6.61 Å². The zero-order chi connectivity index (χ0) is 9.84. The maximum Gasteiger partial charge on any atom is 0.302 e. The van der Waals surface area contributed by atoms with Crippen LogP contribution in [0.1, 0.15) is 12.5 Å². The molecule has 0 aliphatic carbocycles. The van der Waals surface area contributed by atoms with Crippen LogP contribution in [0, 0.1) is 5.82 Å². The molecule has 4 heteroatoms. The molecule has 2 nitrogen and oxygen atoms in total. The highest BCUT2D eigenvalue weighted by molar-refractivity contribution is 6.33. The lowest BCUT2D eigenvalue weighted by atomic mass is 9.91. The van der Waals surface area contributed by atoms with E-state index >= 15 is 0 Å². The molecule has 0 aliphatic rings. The highest BCUT2D eigenvalue weighted by Gasteiger charge is 2.01. The first-order chi connectivity index (χ1) is 6.09. The number of carbonyl (C=O) groups excluding carboxylic acids is 1. The molecule has 0 aromatic heterocycles. The van der Waals surface area contributed by atoms with Gasteiger partial charge in [0.1, 0.15) is 20.3 Å². The van der Waals surface area contributed by atoms with Crippen molar-refractivity contribution in [2.24, 2.45) is 0 Å². The van der Waals surface area contributed by atoms with Gasteiger partial charge in [-0.15, -0.1) is 0 Å². The van der Waals surface area contributed by atoms with E-state index in [2.05, 4.69) is 4.74 Å². The second kappa shape index (κ2) is 4.07. The third-order valence-electron chi connectivity index (χ3n) is 1.54. The maximum atomic E-state index is 12.7. The van der Waals surface area contributed by atoms with Gasteiger partial charge in [0.05, 0.1) is 0 Å². The molecule has 0 bridgehead atoms. The third kappa shape index (κ3) is 2.90. The molecular formula is C9H8BFO2. The summed E-state index contributed by atoms with van der Waals surface area (Å²) in [5.41, 5.74) is 0.901. The molecule has 0 fully saturated rings. The molecule has 13 heavy (non-hydrogen) atoms. The normalized spacial score (nSPS) is 9.69. The van der Waals surface area contributed by atoms with Crippen LogP contribution in [-0.2, 0) is 16.1 Å². The second-order valence-corrected chi connectivity index (χ2v) is 2.62. The lowest BCUT2D eigenvalue weighted by Gasteiger charge is -2.05. The van der Waals surface area contributed by atoms with E-state index in [1.807, 2.05) is 0 Å². The Morgan fingerprint density at radius 2 is 2.31 bits per heavy atom. The van der Waals surface area contributed by atoms with Crippen molar-refractivity contribution in [3.63, 3.8) is 0 Å². The average molecular weight is 178 g/mol. The highest BCUT2D eigenvalue weighted by Crippen LogP contribution is 2.02. The van der Waals surface area contributed by atoms with Crippen molar-refractivity contribution in [1.29, 1.82) is 0 Å². The van der Waals surface area contributed by atoms with E-state index in [1.165, 1.54) is 25.1 Å². The van der Waals surface area contributed by atoms with Crippen LogP contribution < -0.4 is 5.46 Å². The van der Waals surface area contributed by atoms with E-state index < -0.39 is 11.8 Å². The van der Waals surface area contributed by atoms with Crippen LogP contribution in [0.2, 0.25) is 0 Å². The van der Waals surface area contributed by atoms with E-state index in [4.69, 9.17) is 7.85 Å². The predicted octanol–water partition coefficient (Wildman–Crippen LogP) is 0.683. The summed E-state index contributed by atoms with van der Waals surface area (Å²) in [5, 5.41) is 0. The van der Waals surface area contributed by atoms with Gasteiger partial charge in [0.2, 0.25) is 0 Å². The van der Waals surface area contributed by atoms with E-state index in [1.54, 1.807) is 0 Å². The first-order valence-corrected chi connectivity index (χ1v) is 3.77. The monoisotopic (exact) mass is 178 g/mol. The Bertz CT molecular complexity index is 325. The van der Waals surface area contributed by atoms with Crippen LogP contribution in [0.25, 0.3) is 0 Å². The van der Waals surface area contributed by atoms with Crippen LogP contribution in [0.4, 0.5) is 4.39 Å².